The van der Waals surface area contributed by atoms with Gasteiger partial charge in [0, 0.05) is 42.6 Å². The maximum Gasteiger partial charge on any atom is 0.248 e. The summed E-state index contributed by atoms with van der Waals surface area (Å²) in [4.78, 5) is 29.4. The van der Waals surface area contributed by atoms with Gasteiger partial charge in [0.2, 0.25) is 11.8 Å². The van der Waals surface area contributed by atoms with E-state index in [0.717, 1.165) is 41.0 Å². The van der Waals surface area contributed by atoms with Gasteiger partial charge in [0.1, 0.15) is 17.8 Å². The first-order chi connectivity index (χ1) is 19.2. The van der Waals surface area contributed by atoms with Crippen LogP contribution in [-0.2, 0) is 9.59 Å². The molecule has 9 heteroatoms. The van der Waals surface area contributed by atoms with Gasteiger partial charge in [0.15, 0.2) is 0 Å². The molecule has 3 aromatic rings. The smallest absolute Gasteiger partial charge is 0.248 e. The molecule has 2 aliphatic heterocycles. The number of rotatable bonds is 6. The Balaban J connectivity index is 1.24. The number of carbonyl (C=O) groups excluding carboxylic acids is 2. The molecule has 40 heavy (non-hydrogen) atoms. The summed E-state index contributed by atoms with van der Waals surface area (Å²) >= 11 is 0. The summed E-state index contributed by atoms with van der Waals surface area (Å²) in [5, 5.41) is 22.4. The third-order valence-corrected chi connectivity index (χ3v) is 8.18. The number of benzene rings is 2. The Morgan fingerprint density at radius 2 is 1.85 bits per heavy atom. The summed E-state index contributed by atoms with van der Waals surface area (Å²) in [6, 6.07) is 14.3. The van der Waals surface area contributed by atoms with Crippen molar-refractivity contribution in [3.63, 3.8) is 0 Å². The molecule has 2 amide bonds. The topological polar surface area (TPSA) is 110 Å². The maximum atomic E-state index is 14.1. The van der Waals surface area contributed by atoms with Crippen molar-refractivity contribution < 1.29 is 19.4 Å². The molecule has 2 fully saturated rings. The monoisotopic (exact) mass is 543 g/mol. The summed E-state index contributed by atoms with van der Waals surface area (Å²) in [5.41, 5.74) is 3.38. The number of aromatic nitrogens is 3. The molecule has 0 spiro atoms. The van der Waals surface area contributed by atoms with E-state index in [2.05, 4.69) is 15.6 Å². The second-order valence-corrected chi connectivity index (χ2v) is 12.4. The molecule has 210 valence electrons. The lowest BCUT2D eigenvalue weighted by Crippen LogP contribution is -2.51. The van der Waals surface area contributed by atoms with Gasteiger partial charge in [-0.05, 0) is 23.8 Å². The van der Waals surface area contributed by atoms with Crippen LogP contribution >= 0.6 is 0 Å². The Bertz CT molecular complexity index is 1390. The van der Waals surface area contributed by atoms with Crippen LogP contribution in [0.5, 0.6) is 5.75 Å². The Hall–Kier alpha value is -3.72. The van der Waals surface area contributed by atoms with E-state index in [1.807, 2.05) is 75.5 Å². The fourth-order valence-electron chi connectivity index (χ4n) is 6.01. The number of hydrogen-bond donors (Lipinski definition) is 2. The van der Waals surface area contributed by atoms with Gasteiger partial charge in [-0.2, -0.15) is 0 Å². The molecule has 1 aliphatic carbocycles. The van der Waals surface area contributed by atoms with Gasteiger partial charge >= 0.3 is 0 Å². The van der Waals surface area contributed by atoms with E-state index in [-0.39, 0.29) is 30.8 Å². The third kappa shape index (κ3) is 5.10. The van der Waals surface area contributed by atoms with E-state index in [4.69, 9.17) is 4.74 Å². The zero-order chi connectivity index (χ0) is 28.0. The van der Waals surface area contributed by atoms with Crippen LogP contribution in [0.1, 0.15) is 75.7 Å². The number of nitrogens with zero attached hydrogens (tertiary/aromatic N) is 4. The van der Waals surface area contributed by atoms with E-state index < -0.39 is 23.6 Å². The van der Waals surface area contributed by atoms with Gasteiger partial charge in [0.05, 0.1) is 24.4 Å². The fraction of sp³-hybridized carbons (Fsp3) is 0.484. The number of amides is 2. The molecule has 9 nitrogen and oxygen atoms in total. The van der Waals surface area contributed by atoms with Crippen LogP contribution in [0.3, 0.4) is 0 Å². The van der Waals surface area contributed by atoms with Crippen LogP contribution in [0.25, 0.3) is 11.1 Å². The summed E-state index contributed by atoms with van der Waals surface area (Å²) in [5.74, 6) is 0.699. The van der Waals surface area contributed by atoms with Crippen LogP contribution < -0.4 is 10.1 Å². The van der Waals surface area contributed by atoms with Gasteiger partial charge in [-0.25, -0.2) is 4.68 Å². The molecular weight excluding hydrogens is 506 g/mol. The number of nitrogens with one attached hydrogen (secondary N) is 1. The van der Waals surface area contributed by atoms with Crippen molar-refractivity contribution in [1.29, 1.82) is 0 Å². The maximum absolute atomic E-state index is 14.1. The lowest BCUT2D eigenvalue weighted by Gasteiger charge is -2.35. The zero-order valence-corrected chi connectivity index (χ0v) is 23.3. The van der Waals surface area contributed by atoms with E-state index in [9.17, 15) is 14.7 Å². The highest BCUT2D eigenvalue weighted by Crippen LogP contribution is 2.42. The van der Waals surface area contributed by atoms with Crippen LogP contribution in [-0.4, -0.2) is 62.1 Å². The number of aliphatic hydroxyl groups excluding tert-OH is 1. The minimum atomic E-state index is -0.776. The summed E-state index contributed by atoms with van der Waals surface area (Å²) < 4.78 is 7.74. The highest BCUT2D eigenvalue weighted by molar-refractivity contribution is 5.90. The standard InChI is InChI=1S/C31H37N5O4/c1-31(2,3)28(36-18-25(33-34-36)20-12-13-20)30(39)35-17-21(37)16-26(35)29(38)32-24-14-15-40-27-22(10-7-11-23(24)27)19-8-5-4-6-9-19/h4-11,18,20-21,24,26,28,37H,12-17H2,1-3H3,(H,32,38)/t21-,24?,26+,28+/m1/s1. The number of β-amino-alcohol motifs (C(OH)–C–C–N with tert-alkyl or cyclic N) is 1. The number of para-hydroxylation sites is 1. The van der Waals surface area contributed by atoms with Crippen molar-refractivity contribution in [2.75, 3.05) is 13.2 Å². The predicted octanol–water partition coefficient (Wildman–Crippen LogP) is 4.01. The Labute approximate surface area is 234 Å². The van der Waals surface area contributed by atoms with Crippen LogP contribution in [0.4, 0.5) is 0 Å². The van der Waals surface area contributed by atoms with E-state index in [1.54, 1.807) is 4.68 Å². The van der Waals surface area contributed by atoms with Crippen molar-refractivity contribution >= 4 is 11.8 Å². The molecule has 3 aliphatic rings. The average Bonchev–Trinajstić information content (AvgIpc) is 3.54. The zero-order valence-electron chi connectivity index (χ0n) is 23.3. The van der Waals surface area contributed by atoms with Crippen molar-refractivity contribution in [3.8, 4) is 16.9 Å². The van der Waals surface area contributed by atoms with Crippen molar-refractivity contribution in [2.45, 2.75) is 76.6 Å². The molecule has 1 saturated carbocycles. The largest absolute Gasteiger partial charge is 0.492 e. The second-order valence-electron chi connectivity index (χ2n) is 12.4. The highest BCUT2D eigenvalue weighted by Gasteiger charge is 2.46. The molecule has 0 radical (unpaired) electrons. The predicted molar refractivity (Wildman–Crippen MR) is 149 cm³/mol. The Kier molecular flexibility index (Phi) is 6.86. The first kappa shape index (κ1) is 26.5. The summed E-state index contributed by atoms with van der Waals surface area (Å²) in [6.07, 6.45) is 4.10. The molecule has 1 unspecified atom stereocenters. The summed E-state index contributed by atoms with van der Waals surface area (Å²) in [7, 11) is 0. The molecule has 3 heterocycles. The number of fused-ring (bicyclic) bond motifs is 1. The highest BCUT2D eigenvalue weighted by atomic mass is 16.5. The lowest BCUT2D eigenvalue weighted by molar-refractivity contribution is -0.144. The first-order valence-corrected chi connectivity index (χ1v) is 14.2. The van der Waals surface area contributed by atoms with Crippen LogP contribution in [0, 0.1) is 5.41 Å². The number of hydrogen-bond acceptors (Lipinski definition) is 6. The number of carbonyl (C=O) groups is 2. The van der Waals surface area contributed by atoms with E-state index in [1.165, 1.54) is 4.90 Å². The Morgan fingerprint density at radius 3 is 2.58 bits per heavy atom. The SMILES string of the molecule is CC(C)(C)[C@H](C(=O)N1C[C@H](O)C[C@H]1C(=O)NC1CCOc2c(-c3ccccc3)cccc21)n1cc(C2CC2)nn1. The van der Waals surface area contributed by atoms with Gasteiger partial charge in [-0.3, -0.25) is 9.59 Å². The molecular formula is C31H37N5O4. The Morgan fingerprint density at radius 1 is 1.07 bits per heavy atom. The third-order valence-electron chi connectivity index (χ3n) is 8.18. The minimum absolute atomic E-state index is 0.107. The van der Waals surface area contributed by atoms with Gasteiger partial charge in [-0.1, -0.05) is 74.5 Å². The molecule has 1 aromatic heterocycles. The fourth-order valence-corrected chi connectivity index (χ4v) is 6.01. The molecule has 2 aromatic carbocycles. The first-order valence-electron chi connectivity index (χ1n) is 14.2. The quantitative estimate of drug-likeness (QED) is 0.486. The molecule has 6 rings (SSSR count). The average molecular weight is 544 g/mol. The van der Waals surface area contributed by atoms with Crippen molar-refractivity contribution in [2.24, 2.45) is 5.41 Å². The molecule has 1 saturated heterocycles. The molecule has 4 atom stereocenters. The number of aliphatic hydroxyl groups is 1. The van der Waals surface area contributed by atoms with Crippen molar-refractivity contribution in [3.05, 3.63) is 66.0 Å². The van der Waals surface area contributed by atoms with Crippen molar-refractivity contribution in [1.82, 2.24) is 25.2 Å². The lowest BCUT2D eigenvalue weighted by atomic mass is 9.85. The summed E-state index contributed by atoms with van der Waals surface area (Å²) in [6.45, 7) is 6.53. The van der Waals surface area contributed by atoms with Crippen LogP contribution in [0.15, 0.2) is 54.7 Å². The van der Waals surface area contributed by atoms with Gasteiger partial charge < -0.3 is 20.1 Å². The normalized spacial score (nSPS) is 23.3. The number of likely N-dealkylation sites (tertiary alicyclic amines) is 1. The number of ether oxygens (including phenoxy) is 1. The molecule has 2 N–H and O–H groups in total. The van der Waals surface area contributed by atoms with E-state index >= 15 is 0 Å². The van der Waals surface area contributed by atoms with Gasteiger partial charge in [0.25, 0.3) is 0 Å². The second kappa shape index (κ2) is 10.4. The van der Waals surface area contributed by atoms with Crippen LogP contribution in [0.2, 0.25) is 0 Å². The van der Waals surface area contributed by atoms with Gasteiger partial charge in [-0.15, -0.1) is 5.10 Å². The minimum Gasteiger partial charge on any atom is -0.492 e. The van der Waals surface area contributed by atoms with E-state index in [0.29, 0.717) is 18.9 Å². The molecule has 0 bridgehead atoms.